The van der Waals surface area contributed by atoms with E-state index < -0.39 is 5.97 Å². The summed E-state index contributed by atoms with van der Waals surface area (Å²) in [6, 6.07) is 7.07. The number of thiazole rings is 1. The minimum Gasteiger partial charge on any atom is -0.477 e. The van der Waals surface area contributed by atoms with Crippen molar-refractivity contribution in [3.8, 4) is 0 Å². The van der Waals surface area contributed by atoms with E-state index in [1.54, 1.807) is 6.07 Å². The monoisotopic (exact) mass is 361 g/mol. The Labute approximate surface area is 151 Å². The number of benzene rings is 1. The maximum Gasteiger partial charge on any atom is 0.347 e. The molecule has 0 saturated heterocycles. The van der Waals surface area contributed by atoms with Crippen molar-refractivity contribution in [2.45, 2.75) is 39.5 Å². The van der Waals surface area contributed by atoms with Crippen molar-refractivity contribution in [1.82, 2.24) is 10.3 Å². The number of carboxylic acid groups (broad SMARTS) is 1. The number of anilines is 1. The van der Waals surface area contributed by atoms with E-state index in [0.29, 0.717) is 24.3 Å². The van der Waals surface area contributed by atoms with Gasteiger partial charge in [-0.1, -0.05) is 32.9 Å². The summed E-state index contributed by atoms with van der Waals surface area (Å²) >= 11 is 1.22. The van der Waals surface area contributed by atoms with Crippen molar-refractivity contribution in [3.63, 3.8) is 0 Å². The molecule has 0 unspecified atom stereocenters. The van der Waals surface area contributed by atoms with Crippen molar-refractivity contribution in [2.24, 2.45) is 0 Å². The lowest BCUT2D eigenvalue weighted by Crippen LogP contribution is -2.28. The van der Waals surface area contributed by atoms with Gasteiger partial charge in [-0.15, -0.1) is 11.3 Å². The van der Waals surface area contributed by atoms with E-state index in [2.05, 4.69) is 15.6 Å². The van der Waals surface area contributed by atoms with E-state index >= 15 is 0 Å². The number of carboxylic acids is 1. The highest BCUT2D eigenvalue weighted by Gasteiger charge is 2.24. The van der Waals surface area contributed by atoms with Crippen LogP contribution in [0.3, 0.4) is 0 Å². The van der Waals surface area contributed by atoms with E-state index in [9.17, 15) is 14.7 Å². The first-order valence-electron chi connectivity index (χ1n) is 8.08. The van der Waals surface area contributed by atoms with Gasteiger partial charge in [-0.3, -0.25) is 0 Å². The van der Waals surface area contributed by atoms with Gasteiger partial charge < -0.3 is 15.7 Å². The van der Waals surface area contributed by atoms with Crippen molar-refractivity contribution >= 4 is 29.0 Å². The summed E-state index contributed by atoms with van der Waals surface area (Å²) in [5, 5.41) is 15.7. The van der Waals surface area contributed by atoms with Crippen LogP contribution in [0.2, 0.25) is 0 Å². The molecule has 0 fully saturated rings. The second kappa shape index (κ2) is 7.65. The number of nitrogens with one attached hydrogen (secondary N) is 2. The molecule has 0 atom stereocenters. The fraction of sp³-hybridized carbons (Fsp3) is 0.389. The molecular weight excluding hydrogens is 338 g/mol. The molecule has 6 nitrogen and oxygen atoms in total. The van der Waals surface area contributed by atoms with E-state index in [-0.39, 0.29) is 16.3 Å². The molecule has 1 aromatic heterocycles. The molecule has 134 valence electrons. The predicted molar refractivity (Wildman–Crippen MR) is 99.7 cm³/mol. The quantitative estimate of drug-likeness (QED) is 0.754. The van der Waals surface area contributed by atoms with Crippen LogP contribution >= 0.6 is 11.3 Å². The highest BCUT2D eigenvalue weighted by molar-refractivity contribution is 7.13. The molecule has 0 aliphatic heterocycles. The normalized spacial score (nSPS) is 11.2. The van der Waals surface area contributed by atoms with Crippen LogP contribution in [0.4, 0.5) is 10.5 Å². The molecule has 1 aromatic carbocycles. The lowest BCUT2D eigenvalue weighted by atomic mass is 9.98. The summed E-state index contributed by atoms with van der Waals surface area (Å²) in [5.41, 5.74) is 1.90. The Hall–Kier alpha value is -2.41. The summed E-state index contributed by atoms with van der Waals surface area (Å²) in [6.07, 6.45) is 0.402. The smallest absolute Gasteiger partial charge is 0.347 e. The lowest BCUT2D eigenvalue weighted by Gasteiger charge is -2.13. The van der Waals surface area contributed by atoms with Crippen molar-refractivity contribution in [2.75, 3.05) is 11.9 Å². The van der Waals surface area contributed by atoms with Crippen LogP contribution < -0.4 is 10.6 Å². The molecule has 0 spiro atoms. The Kier molecular flexibility index (Phi) is 5.79. The van der Waals surface area contributed by atoms with Crippen LogP contribution in [-0.4, -0.2) is 28.6 Å². The van der Waals surface area contributed by atoms with E-state index in [4.69, 9.17) is 0 Å². The Bertz CT molecular complexity index is 778. The summed E-state index contributed by atoms with van der Waals surface area (Å²) in [6.45, 7) is 8.43. The highest BCUT2D eigenvalue weighted by atomic mass is 32.1. The Morgan fingerprint density at radius 2 is 2.00 bits per heavy atom. The van der Waals surface area contributed by atoms with Crippen molar-refractivity contribution in [3.05, 3.63) is 45.4 Å². The first-order valence-corrected chi connectivity index (χ1v) is 8.89. The molecule has 2 aromatic rings. The van der Waals surface area contributed by atoms with Gasteiger partial charge >= 0.3 is 12.0 Å². The topological polar surface area (TPSA) is 91.3 Å². The number of carbonyl (C=O) groups is 2. The first-order chi connectivity index (χ1) is 11.7. The highest BCUT2D eigenvalue weighted by Crippen LogP contribution is 2.30. The van der Waals surface area contributed by atoms with Crippen LogP contribution in [0.5, 0.6) is 0 Å². The predicted octanol–water partition coefficient (Wildman–Crippen LogP) is 3.87. The summed E-state index contributed by atoms with van der Waals surface area (Å²) < 4.78 is 0. The van der Waals surface area contributed by atoms with Gasteiger partial charge in [-0.25, -0.2) is 14.6 Å². The van der Waals surface area contributed by atoms with Gasteiger partial charge in [0.15, 0.2) is 0 Å². The molecule has 0 radical (unpaired) electrons. The zero-order chi connectivity index (χ0) is 18.6. The maximum atomic E-state index is 11.6. The molecular formula is C18H23N3O3S. The molecule has 0 aliphatic rings. The number of nitrogens with zero attached hydrogens (tertiary/aromatic N) is 1. The number of aromatic carboxylic acids is 1. The Morgan fingerprint density at radius 1 is 1.28 bits per heavy atom. The zero-order valence-electron chi connectivity index (χ0n) is 14.8. The van der Waals surface area contributed by atoms with Crippen LogP contribution in [0.25, 0.3) is 0 Å². The Balaban J connectivity index is 2.26. The minimum absolute atomic E-state index is 0.200. The van der Waals surface area contributed by atoms with Crippen LogP contribution in [0.1, 0.15) is 53.6 Å². The molecule has 1 heterocycles. The number of aromatic nitrogens is 1. The fourth-order valence-corrected chi connectivity index (χ4v) is 3.23. The third kappa shape index (κ3) is 5.03. The van der Waals surface area contributed by atoms with Gasteiger partial charge in [0, 0.05) is 24.1 Å². The van der Waals surface area contributed by atoms with E-state index in [0.717, 1.165) is 10.6 Å². The minimum atomic E-state index is -0.959. The SMILES string of the molecule is CCNC(=O)Nc1cccc(Cc2nc(C(C)(C)C)sc2C(=O)O)c1. The van der Waals surface area contributed by atoms with Gasteiger partial charge in [0.1, 0.15) is 4.88 Å². The number of hydrogen-bond donors (Lipinski definition) is 3. The standard InChI is InChI=1S/C18H23N3O3S/c1-5-19-17(24)20-12-8-6-7-11(9-12)10-13-14(15(22)23)25-16(21-13)18(2,3)4/h6-9H,5,10H2,1-4H3,(H,22,23)(H2,19,20,24). The summed E-state index contributed by atoms with van der Waals surface area (Å²) in [7, 11) is 0. The van der Waals surface area contributed by atoms with Gasteiger partial charge in [0.2, 0.25) is 0 Å². The average Bonchev–Trinajstić information content (AvgIpc) is 2.92. The third-order valence-corrected chi connectivity index (χ3v) is 4.94. The molecule has 7 heteroatoms. The second-order valence-electron chi connectivity index (χ2n) is 6.71. The van der Waals surface area contributed by atoms with Crippen LogP contribution in [0, 0.1) is 0 Å². The number of rotatable bonds is 5. The number of amides is 2. The van der Waals surface area contributed by atoms with Crippen molar-refractivity contribution in [1.29, 1.82) is 0 Å². The lowest BCUT2D eigenvalue weighted by molar-refractivity contribution is 0.0701. The number of urea groups is 1. The molecule has 3 N–H and O–H groups in total. The van der Waals surface area contributed by atoms with Gasteiger partial charge in [-0.2, -0.15) is 0 Å². The van der Waals surface area contributed by atoms with Crippen molar-refractivity contribution < 1.29 is 14.7 Å². The number of carbonyl (C=O) groups excluding carboxylic acids is 1. The number of hydrogen-bond acceptors (Lipinski definition) is 4. The molecule has 2 rings (SSSR count). The first kappa shape index (κ1) is 18.9. The molecule has 0 aliphatic carbocycles. The largest absolute Gasteiger partial charge is 0.477 e. The molecule has 0 bridgehead atoms. The van der Waals surface area contributed by atoms with E-state index in [1.165, 1.54) is 11.3 Å². The maximum absolute atomic E-state index is 11.6. The van der Waals surface area contributed by atoms with Gasteiger partial charge in [-0.05, 0) is 24.6 Å². The third-order valence-electron chi connectivity index (χ3n) is 3.43. The summed E-state index contributed by atoms with van der Waals surface area (Å²) in [4.78, 5) is 28.0. The molecule has 0 saturated carbocycles. The second-order valence-corrected chi connectivity index (χ2v) is 7.71. The van der Waals surface area contributed by atoms with Gasteiger partial charge in [0.25, 0.3) is 0 Å². The zero-order valence-corrected chi connectivity index (χ0v) is 15.7. The average molecular weight is 361 g/mol. The van der Waals surface area contributed by atoms with Crippen LogP contribution in [0.15, 0.2) is 24.3 Å². The molecule has 25 heavy (non-hydrogen) atoms. The fourth-order valence-electron chi connectivity index (χ4n) is 2.25. The Morgan fingerprint density at radius 3 is 2.60 bits per heavy atom. The molecule has 2 amide bonds. The summed E-state index contributed by atoms with van der Waals surface area (Å²) in [5.74, 6) is -0.959. The van der Waals surface area contributed by atoms with Crippen LogP contribution in [-0.2, 0) is 11.8 Å². The van der Waals surface area contributed by atoms with Gasteiger partial charge in [0.05, 0.1) is 10.7 Å². The van der Waals surface area contributed by atoms with E-state index in [1.807, 2.05) is 45.9 Å².